The third-order valence-electron chi connectivity index (χ3n) is 1.62. The second-order valence-corrected chi connectivity index (χ2v) is 2.89. The predicted molar refractivity (Wildman–Crippen MR) is 56.3 cm³/mol. The maximum atomic E-state index is 11.1. The summed E-state index contributed by atoms with van der Waals surface area (Å²) < 4.78 is 8.79. The highest BCUT2D eigenvalue weighted by Crippen LogP contribution is 2.05. The molecule has 0 N–H and O–H groups in total. The molecule has 0 radical (unpaired) electrons. The Bertz CT molecular complexity index is 327. The highest BCUT2D eigenvalue weighted by atomic mass is 16.6. The lowest BCUT2D eigenvalue weighted by molar-refractivity contribution is -0.156. The van der Waals surface area contributed by atoms with Crippen molar-refractivity contribution < 1.29 is 23.9 Å². The van der Waals surface area contributed by atoms with Gasteiger partial charge in [-0.1, -0.05) is 12.7 Å². The van der Waals surface area contributed by atoms with Gasteiger partial charge in [0.15, 0.2) is 0 Å². The summed E-state index contributed by atoms with van der Waals surface area (Å²) in [6.07, 6.45) is 2.61. The van der Waals surface area contributed by atoms with Crippen molar-refractivity contribution in [3.05, 3.63) is 24.3 Å². The van der Waals surface area contributed by atoms with E-state index in [9.17, 15) is 14.4 Å². The Morgan fingerprint density at radius 1 is 1.25 bits per heavy atom. The third kappa shape index (κ3) is 5.74. The summed E-state index contributed by atoms with van der Waals surface area (Å²) in [6, 6.07) is 0. The number of ether oxygens (including phenoxy) is 2. The van der Waals surface area contributed by atoms with E-state index in [-0.39, 0.29) is 18.4 Å². The highest BCUT2D eigenvalue weighted by Gasteiger charge is 2.12. The van der Waals surface area contributed by atoms with Crippen molar-refractivity contribution >= 4 is 17.9 Å². The first kappa shape index (κ1) is 14.1. The second-order valence-electron chi connectivity index (χ2n) is 2.89. The number of methoxy groups -OCH3 is 1. The van der Waals surface area contributed by atoms with Gasteiger partial charge in [0.1, 0.15) is 0 Å². The molecular weight excluding hydrogens is 212 g/mol. The molecule has 0 aromatic heterocycles. The summed E-state index contributed by atoms with van der Waals surface area (Å²) in [5, 5.41) is 0. The first-order valence-corrected chi connectivity index (χ1v) is 4.64. The van der Waals surface area contributed by atoms with E-state index in [0.717, 1.165) is 6.08 Å². The molecule has 0 rings (SSSR count). The molecule has 5 nitrogen and oxygen atoms in total. The van der Waals surface area contributed by atoms with Crippen LogP contribution in [0.3, 0.4) is 0 Å². The van der Waals surface area contributed by atoms with Gasteiger partial charge in [0, 0.05) is 11.6 Å². The number of carbonyl (C=O) groups excluding carboxylic acids is 3. The average molecular weight is 226 g/mol. The fourth-order valence-electron chi connectivity index (χ4n) is 0.833. The van der Waals surface area contributed by atoms with Crippen LogP contribution in [0.1, 0.15) is 19.8 Å². The topological polar surface area (TPSA) is 69.7 Å². The van der Waals surface area contributed by atoms with Crippen molar-refractivity contribution in [3.63, 3.8) is 0 Å². The number of hydrogen-bond acceptors (Lipinski definition) is 5. The summed E-state index contributed by atoms with van der Waals surface area (Å²) in [4.78, 5) is 32.8. The minimum absolute atomic E-state index is 0.0861. The van der Waals surface area contributed by atoms with Gasteiger partial charge in [0.05, 0.1) is 13.5 Å². The van der Waals surface area contributed by atoms with E-state index in [1.54, 1.807) is 6.92 Å². The Morgan fingerprint density at radius 3 is 2.38 bits per heavy atom. The van der Waals surface area contributed by atoms with Gasteiger partial charge in [0.2, 0.25) is 0 Å². The number of carbonyl (C=O) groups is 3. The maximum absolute atomic E-state index is 11.1. The SMILES string of the molecule is C=C(CCC(=O)OC(=O)C=CC)C(=O)OC. The van der Waals surface area contributed by atoms with E-state index in [2.05, 4.69) is 16.1 Å². The van der Waals surface area contributed by atoms with Crippen LogP contribution in [0.15, 0.2) is 24.3 Å². The summed E-state index contributed by atoms with van der Waals surface area (Å²) >= 11 is 0. The minimum atomic E-state index is -0.726. The normalized spacial score (nSPS) is 9.88. The van der Waals surface area contributed by atoms with Crippen LogP contribution >= 0.6 is 0 Å². The molecule has 0 aliphatic heterocycles. The molecule has 5 heteroatoms. The lowest BCUT2D eigenvalue weighted by atomic mass is 10.2. The van der Waals surface area contributed by atoms with Crippen LogP contribution in [0.2, 0.25) is 0 Å². The van der Waals surface area contributed by atoms with Crippen LogP contribution in [-0.2, 0) is 23.9 Å². The number of rotatable bonds is 5. The Morgan fingerprint density at radius 2 is 1.88 bits per heavy atom. The Hall–Kier alpha value is -1.91. The molecule has 0 atom stereocenters. The molecule has 0 aliphatic rings. The van der Waals surface area contributed by atoms with Gasteiger partial charge >= 0.3 is 17.9 Å². The van der Waals surface area contributed by atoms with Gasteiger partial charge in [-0.15, -0.1) is 0 Å². The van der Waals surface area contributed by atoms with E-state index in [0.29, 0.717) is 0 Å². The van der Waals surface area contributed by atoms with Gasteiger partial charge in [-0.05, 0) is 13.3 Å². The molecule has 0 aromatic carbocycles. The highest BCUT2D eigenvalue weighted by molar-refractivity contribution is 5.93. The lowest BCUT2D eigenvalue weighted by Gasteiger charge is -2.02. The van der Waals surface area contributed by atoms with Crippen LogP contribution < -0.4 is 0 Å². The molecule has 0 amide bonds. The zero-order chi connectivity index (χ0) is 12.6. The van der Waals surface area contributed by atoms with Gasteiger partial charge in [-0.25, -0.2) is 9.59 Å². The van der Waals surface area contributed by atoms with Crippen LogP contribution in [0, 0.1) is 0 Å². The smallest absolute Gasteiger partial charge is 0.338 e. The second kappa shape index (κ2) is 7.39. The van der Waals surface area contributed by atoms with Crippen molar-refractivity contribution in [2.75, 3.05) is 7.11 Å². The third-order valence-corrected chi connectivity index (χ3v) is 1.62. The number of esters is 3. The van der Waals surface area contributed by atoms with E-state index < -0.39 is 17.9 Å². The summed E-state index contributed by atoms with van der Waals surface area (Å²) in [6.45, 7) is 5.06. The molecule has 0 saturated heterocycles. The van der Waals surface area contributed by atoms with Gasteiger partial charge < -0.3 is 9.47 Å². The number of allylic oxidation sites excluding steroid dienone is 1. The Balaban J connectivity index is 3.95. The van der Waals surface area contributed by atoms with Crippen molar-refractivity contribution in [2.45, 2.75) is 19.8 Å². The molecule has 0 unspecified atom stereocenters. The molecular formula is C11H14O5. The summed E-state index contributed by atoms with van der Waals surface area (Å²) in [5.41, 5.74) is 0.165. The largest absolute Gasteiger partial charge is 0.466 e. The monoisotopic (exact) mass is 226 g/mol. The molecule has 0 spiro atoms. The van der Waals surface area contributed by atoms with Crippen molar-refractivity contribution in [1.29, 1.82) is 0 Å². The molecule has 0 aliphatic carbocycles. The van der Waals surface area contributed by atoms with E-state index in [4.69, 9.17) is 0 Å². The molecule has 88 valence electrons. The Kier molecular flexibility index (Phi) is 6.51. The van der Waals surface area contributed by atoms with Gasteiger partial charge in [-0.3, -0.25) is 4.79 Å². The van der Waals surface area contributed by atoms with Gasteiger partial charge in [-0.2, -0.15) is 0 Å². The van der Waals surface area contributed by atoms with Gasteiger partial charge in [0.25, 0.3) is 0 Å². The summed E-state index contributed by atoms with van der Waals surface area (Å²) in [5.74, 6) is -2.00. The zero-order valence-electron chi connectivity index (χ0n) is 9.32. The zero-order valence-corrected chi connectivity index (χ0v) is 9.32. The first-order valence-electron chi connectivity index (χ1n) is 4.64. The van der Waals surface area contributed by atoms with Crippen LogP contribution in [-0.4, -0.2) is 25.0 Å². The maximum Gasteiger partial charge on any atom is 0.338 e. The van der Waals surface area contributed by atoms with Crippen LogP contribution in [0.5, 0.6) is 0 Å². The first-order chi connectivity index (χ1) is 7.51. The quantitative estimate of drug-likeness (QED) is 0.399. The van der Waals surface area contributed by atoms with Crippen molar-refractivity contribution in [3.8, 4) is 0 Å². The molecule has 0 bridgehead atoms. The van der Waals surface area contributed by atoms with Crippen molar-refractivity contribution in [2.24, 2.45) is 0 Å². The van der Waals surface area contributed by atoms with Crippen LogP contribution in [0.4, 0.5) is 0 Å². The molecule has 0 heterocycles. The lowest BCUT2D eigenvalue weighted by Crippen LogP contribution is -2.11. The van der Waals surface area contributed by atoms with E-state index in [1.807, 2.05) is 0 Å². The van der Waals surface area contributed by atoms with Crippen LogP contribution in [0.25, 0.3) is 0 Å². The fourth-order valence-corrected chi connectivity index (χ4v) is 0.833. The van der Waals surface area contributed by atoms with E-state index in [1.165, 1.54) is 13.2 Å². The van der Waals surface area contributed by atoms with Crippen molar-refractivity contribution in [1.82, 2.24) is 0 Å². The average Bonchev–Trinajstić information content (AvgIpc) is 2.24. The predicted octanol–water partition coefficient (Wildman–Crippen LogP) is 1.14. The molecule has 16 heavy (non-hydrogen) atoms. The fraction of sp³-hybridized carbons (Fsp3) is 0.364. The molecule has 0 fully saturated rings. The minimum Gasteiger partial charge on any atom is -0.466 e. The molecule has 0 aromatic rings. The standard InChI is InChI=1S/C11H14O5/c1-4-5-9(12)16-10(13)7-6-8(2)11(14)15-3/h4-5H,2,6-7H2,1,3H3. The van der Waals surface area contributed by atoms with E-state index >= 15 is 0 Å². The molecule has 0 saturated carbocycles. The number of hydrogen-bond donors (Lipinski definition) is 0. The Labute approximate surface area is 93.7 Å². The summed E-state index contributed by atoms with van der Waals surface area (Å²) in [7, 11) is 1.22.